The number of rotatable bonds is 31. The van der Waals surface area contributed by atoms with Gasteiger partial charge < -0.3 is 38.7 Å². The molecule has 3 nitrogen and oxygen atoms in total. The molecule has 0 saturated heterocycles. The van der Waals surface area contributed by atoms with Crippen molar-refractivity contribution < 1.29 is 33.8 Å². The van der Waals surface area contributed by atoms with Gasteiger partial charge >= 0.3 is 0 Å². The van der Waals surface area contributed by atoms with E-state index in [1.807, 2.05) is 0 Å². The summed E-state index contributed by atoms with van der Waals surface area (Å²) in [6.45, 7) is 17.3. The summed E-state index contributed by atoms with van der Waals surface area (Å²) in [5.41, 5.74) is 0. The quantitative estimate of drug-likeness (QED) is 0.0800. The first-order valence-corrected chi connectivity index (χ1v) is 18.5. The number of quaternary nitrogens is 2. The van der Waals surface area contributed by atoms with Crippen molar-refractivity contribution in [3.63, 3.8) is 0 Å². The van der Waals surface area contributed by atoms with Gasteiger partial charge in [0.2, 0.25) is 0 Å². The number of unbranched alkanes of at least 4 members (excludes halogenated alkanes) is 18. The lowest BCUT2D eigenvalue weighted by atomic mass is 10.1. The van der Waals surface area contributed by atoms with Crippen LogP contribution in [0.25, 0.3) is 0 Å². The van der Waals surface area contributed by atoms with Crippen molar-refractivity contribution in [2.75, 3.05) is 67.5 Å². The second-order valence-electron chi connectivity index (χ2n) is 15.0. The van der Waals surface area contributed by atoms with E-state index in [0.717, 1.165) is 0 Å². The van der Waals surface area contributed by atoms with Crippen LogP contribution in [0.2, 0.25) is 0 Å². The van der Waals surface area contributed by atoms with Crippen molar-refractivity contribution in [1.82, 2.24) is 4.90 Å². The normalized spacial score (nSPS) is 12.1. The Bertz CT molecular complexity index is 483. The fourth-order valence-electron chi connectivity index (χ4n) is 6.31. The largest absolute Gasteiger partial charge is 1.00 e. The molecule has 0 aliphatic rings. The Morgan fingerprint density at radius 1 is 0.381 bits per heavy atom. The van der Waals surface area contributed by atoms with E-state index < -0.39 is 0 Å². The van der Waals surface area contributed by atoms with Gasteiger partial charge in [0, 0.05) is 32.0 Å². The lowest BCUT2D eigenvalue weighted by molar-refractivity contribution is -0.891. The third-order valence-corrected chi connectivity index (χ3v) is 9.38. The Labute approximate surface area is 280 Å². The average Bonchev–Trinajstić information content (AvgIpc) is 2.89. The van der Waals surface area contributed by atoms with E-state index in [4.69, 9.17) is 0 Å². The number of hydrogen-bond acceptors (Lipinski definition) is 1. The minimum Gasteiger partial charge on any atom is -1.00 e. The zero-order chi connectivity index (χ0) is 30.0. The molecule has 0 amide bonds. The Morgan fingerprint density at radius 2 is 0.619 bits per heavy atom. The van der Waals surface area contributed by atoms with Crippen LogP contribution in [-0.4, -0.2) is 87.4 Å². The highest BCUT2D eigenvalue weighted by molar-refractivity contribution is 4.63. The Balaban J connectivity index is -0.00000760. The molecular weight excluding hydrogens is 557 g/mol. The molecule has 0 bridgehead atoms. The molecule has 0 aromatic rings. The third kappa shape index (κ3) is 31.9. The predicted octanol–water partition coefficient (Wildman–Crippen LogP) is 4.48. The van der Waals surface area contributed by atoms with Crippen LogP contribution < -0.4 is 24.8 Å². The van der Waals surface area contributed by atoms with Gasteiger partial charge in [0.1, 0.15) is 0 Å². The van der Waals surface area contributed by atoms with Crippen molar-refractivity contribution in [2.45, 2.75) is 175 Å². The van der Waals surface area contributed by atoms with E-state index in [1.165, 1.54) is 189 Å². The van der Waals surface area contributed by atoms with Gasteiger partial charge in [-0.25, -0.2) is 0 Å². The lowest BCUT2D eigenvalue weighted by Crippen LogP contribution is -3.00. The molecule has 0 radical (unpaired) electrons. The van der Waals surface area contributed by atoms with E-state index in [9.17, 15) is 0 Å². The molecule has 5 heteroatoms. The first kappa shape index (κ1) is 46.9. The summed E-state index contributed by atoms with van der Waals surface area (Å²) in [6, 6.07) is 0.662. The fraction of sp³-hybridized carbons (Fsp3) is 1.00. The number of nitrogens with zero attached hydrogens (tertiary/aromatic N) is 3. The average molecular weight is 639 g/mol. The van der Waals surface area contributed by atoms with Crippen LogP contribution in [0.3, 0.4) is 0 Å². The maximum absolute atomic E-state index is 2.75. The maximum Gasteiger partial charge on any atom is 0.0794 e. The van der Waals surface area contributed by atoms with Gasteiger partial charge in [-0.2, -0.15) is 0 Å². The summed E-state index contributed by atoms with van der Waals surface area (Å²) in [4.78, 5) is 2.75. The van der Waals surface area contributed by atoms with Crippen LogP contribution in [0.5, 0.6) is 0 Å². The third-order valence-electron chi connectivity index (χ3n) is 9.38. The molecule has 0 heterocycles. The van der Waals surface area contributed by atoms with E-state index in [-0.39, 0.29) is 24.8 Å². The van der Waals surface area contributed by atoms with Crippen molar-refractivity contribution in [2.24, 2.45) is 0 Å². The summed E-state index contributed by atoms with van der Waals surface area (Å²) >= 11 is 0. The van der Waals surface area contributed by atoms with Gasteiger partial charge in [-0.3, -0.25) is 0 Å². The first-order chi connectivity index (χ1) is 19.1. The highest BCUT2D eigenvalue weighted by atomic mass is 35.5. The van der Waals surface area contributed by atoms with Crippen LogP contribution >= 0.6 is 0 Å². The van der Waals surface area contributed by atoms with E-state index in [1.54, 1.807) is 0 Å². The Hall–Kier alpha value is 0.460. The van der Waals surface area contributed by atoms with Gasteiger partial charge in [-0.15, -0.1) is 0 Å². The first-order valence-electron chi connectivity index (χ1n) is 18.5. The van der Waals surface area contributed by atoms with Crippen molar-refractivity contribution in [3.05, 3.63) is 0 Å². The van der Waals surface area contributed by atoms with Gasteiger partial charge in [0.05, 0.1) is 54.4 Å². The molecule has 0 aliphatic carbocycles. The van der Waals surface area contributed by atoms with E-state index in [0.29, 0.717) is 6.04 Å². The van der Waals surface area contributed by atoms with Gasteiger partial charge in [0.25, 0.3) is 0 Å². The molecule has 0 saturated carbocycles. The molecule has 0 aromatic carbocycles. The van der Waals surface area contributed by atoms with Crippen molar-refractivity contribution in [3.8, 4) is 0 Å². The van der Waals surface area contributed by atoms with E-state index >= 15 is 0 Å². The Morgan fingerprint density at radius 3 is 0.881 bits per heavy atom. The minimum absolute atomic E-state index is 0. The lowest BCUT2D eigenvalue weighted by Gasteiger charge is -2.34. The summed E-state index contributed by atoms with van der Waals surface area (Å²) in [7, 11) is 9.84. The molecule has 258 valence electrons. The minimum atomic E-state index is 0. The molecule has 0 N–H and O–H groups in total. The number of halogens is 2. The van der Waals surface area contributed by atoms with Crippen molar-refractivity contribution in [1.29, 1.82) is 0 Å². The SMILES string of the molecule is CCCCCCCCCCCC[N+](C)(C)CCCN(CCC[N+](C)(C)CCCCCCCCCCCC)C(C)C.[Cl-].[Cl-]. The monoisotopic (exact) mass is 638 g/mol. The highest BCUT2D eigenvalue weighted by Gasteiger charge is 2.18. The van der Waals surface area contributed by atoms with Crippen LogP contribution in [-0.2, 0) is 0 Å². The predicted molar refractivity (Wildman–Crippen MR) is 183 cm³/mol. The smallest absolute Gasteiger partial charge is 0.0794 e. The van der Waals surface area contributed by atoms with Crippen molar-refractivity contribution >= 4 is 0 Å². The molecule has 0 fully saturated rings. The molecule has 0 spiro atoms. The molecular formula is C37H81Cl2N3. The second-order valence-corrected chi connectivity index (χ2v) is 15.0. The zero-order valence-electron chi connectivity index (χ0n) is 30.5. The van der Waals surface area contributed by atoms with Crippen LogP contribution in [0.1, 0.15) is 169 Å². The summed E-state index contributed by atoms with van der Waals surface area (Å²) in [5, 5.41) is 0. The van der Waals surface area contributed by atoms with Crippen LogP contribution in [0.4, 0.5) is 0 Å². The summed E-state index contributed by atoms with van der Waals surface area (Å²) < 4.78 is 2.40. The molecule has 0 rings (SSSR count). The maximum atomic E-state index is 2.75. The molecule has 0 unspecified atom stereocenters. The highest BCUT2D eigenvalue weighted by Crippen LogP contribution is 2.14. The summed E-state index contributed by atoms with van der Waals surface area (Å²) in [6.07, 6.45) is 31.4. The van der Waals surface area contributed by atoms with Gasteiger partial charge in [-0.1, -0.05) is 117 Å². The standard InChI is InChI=1S/C37H81N3.2ClH/c1-9-11-13-15-17-19-21-23-25-27-33-39(5,6)35-29-31-38(37(3)4)32-30-36-40(7,8)34-28-26-24-22-20-18-16-14-12-10-2;;/h37H,9-36H2,1-8H3;2*1H/q+2;;/p-2. The summed E-state index contributed by atoms with van der Waals surface area (Å²) in [5.74, 6) is 0. The molecule has 0 atom stereocenters. The topological polar surface area (TPSA) is 3.24 Å². The second kappa shape index (κ2) is 31.4. The van der Waals surface area contributed by atoms with Gasteiger partial charge in [0.15, 0.2) is 0 Å². The van der Waals surface area contributed by atoms with Gasteiger partial charge in [-0.05, 0) is 39.5 Å². The van der Waals surface area contributed by atoms with E-state index in [2.05, 4.69) is 60.8 Å². The molecule has 0 aromatic heterocycles. The molecule has 42 heavy (non-hydrogen) atoms. The Kier molecular flexibility index (Phi) is 35.1. The van der Waals surface area contributed by atoms with Crippen LogP contribution in [0.15, 0.2) is 0 Å². The fourth-order valence-corrected chi connectivity index (χ4v) is 6.31. The van der Waals surface area contributed by atoms with Crippen LogP contribution in [0, 0.1) is 0 Å². The number of hydrogen-bond donors (Lipinski definition) is 0. The molecule has 0 aliphatic heterocycles. The zero-order valence-corrected chi connectivity index (χ0v) is 32.0.